The van der Waals surface area contributed by atoms with Crippen molar-refractivity contribution in [1.82, 2.24) is 14.5 Å². The van der Waals surface area contributed by atoms with Crippen LogP contribution < -0.4 is 4.74 Å². The summed E-state index contributed by atoms with van der Waals surface area (Å²) >= 11 is 0. The highest BCUT2D eigenvalue weighted by Gasteiger charge is 2.21. The van der Waals surface area contributed by atoms with Crippen molar-refractivity contribution < 1.29 is 4.74 Å². The van der Waals surface area contributed by atoms with Gasteiger partial charge in [0.25, 0.3) is 0 Å². The van der Waals surface area contributed by atoms with Crippen molar-refractivity contribution in [1.29, 1.82) is 0 Å². The highest BCUT2D eigenvalue weighted by Crippen LogP contribution is 2.46. The maximum absolute atomic E-state index is 7.10. The molecule has 0 radical (unpaired) electrons. The van der Waals surface area contributed by atoms with Crippen molar-refractivity contribution in [3.63, 3.8) is 0 Å². The number of aromatic nitrogens is 3. The van der Waals surface area contributed by atoms with Crippen molar-refractivity contribution in [2.24, 2.45) is 0 Å². The molecule has 0 fully saturated rings. The number of benzene rings is 7. The minimum absolute atomic E-state index is 0.822. The molecule has 0 saturated carbocycles. The second-order valence-corrected chi connectivity index (χ2v) is 14.2. The summed E-state index contributed by atoms with van der Waals surface area (Å²) < 4.78 is 9.31. The van der Waals surface area contributed by atoms with E-state index in [2.05, 4.69) is 168 Å². The Bertz CT molecular complexity index is 3160. The molecule has 7 aromatic carbocycles. The Morgan fingerprint density at radius 3 is 2.07 bits per heavy atom. The lowest BCUT2D eigenvalue weighted by Crippen LogP contribution is -1.96. The molecule has 1 aliphatic rings. The number of para-hydroxylation sites is 1. The van der Waals surface area contributed by atoms with E-state index in [0.29, 0.717) is 0 Å². The van der Waals surface area contributed by atoms with E-state index in [-0.39, 0.29) is 0 Å². The third-order valence-corrected chi connectivity index (χ3v) is 10.9. The van der Waals surface area contributed by atoms with Gasteiger partial charge in [0.1, 0.15) is 17.3 Å². The molecule has 56 heavy (non-hydrogen) atoms. The van der Waals surface area contributed by atoms with Crippen molar-refractivity contribution in [3.8, 4) is 62.0 Å². The second kappa shape index (κ2) is 13.1. The van der Waals surface area contributed by atoms with Crippen LogP contribution in [0, 0.1) is 0 Å². The molecule has 4 heteroatoms. The Labute approximate surface area is 324 Å². The summed E-state index contributed by atoms with van der Waals surface area (Å²) in [6, 6.07) is 63.9. The van der Waals surface area contributed by atoms with Gasteiger partial charge in [-0.1, -0.05) is 140 Å². The third kappa shape index (κ3) is 5.31. The van der Waals surface area contributed by atoms with Crippen LogP contribution in [0.1, 0.15) is 11.1 Å². The molecule has 0 unspecified atom stereocenters. The number of rotatable bonds is 3. The summed E-state index contributed by atoms with van der Waals surface area (Å²) in [5.74, 6) is 2.52. The van der Waals surface area contributed by atoms with Crippen LogP contribution in [0.15, 0.2) is 188 Å². The molecular weight excluding hydrogens is 683 g/mol. The van der Waals surface area contributed by atoms with Gasteiger partial charge in [-0.05, 0) is 93.4 Å². The van der Waals surface area contributed by atoms with E-state index in [0.717, 1.165) is 106 Å². The molecule has 0 amide bonds. The average Bonchev–Trinajstić information content (AvgIpc) is 3.59. The van der Waals surface area contributed by atoms with Gasteiger partial charge in [-0.3, -0.25) is 4.57 Å². The van der Waals surface area contributed by atoms with Crippen LogP contribution in [-0.2, 0) is 0 Å². The molecule has 4 nitrogen and oxygen atoms in total. The first-order valence-corrected chi connectivity index (χ1v) is 18.9. The van der Waals surface area contributed by atoms with E-state index >= 15 is 0 Å². The predicted octanol–water partition coefficient (Wildman–Crippen LogP) is 13.7. The first-order valence-electron chi connectivity index (χ1n) is 18.9. The van der Waals surface area contributed by atoms with Crippen LogP contribution >= 0.6 is 0 Å². The lowest BCUT2D eigenvalue weighted by atomic mass is 9.91. The van der Waals surface area contributed by atoms with E-state index in [4.69, 9.17) is 14.7 Å². The minimum Gasteiger partial charge on any atom is -0.455 e. The monoisotopic (exact) mass is 715 g/mol. The normalized spacial score (nSPS) is 12.6. The molecule has 10 aromatic rings. The quantitative estimate of drug-likeness (QED) is 0.183. The Morgan fingerprint density at radius 1 is 0.446 bits per heavy atom. The van der Waals surface area contributed by atoms with Crippen molar-refractivity contribution >= 4 is 44.9 Å². The highest BCUT2D eigenvalue weighted by molar-refractivity contribution is 6.09. The van der Waals surface area contributed by atoms with Crippen LogP contribution in [0.25, 0.3) is 95.3 Å². The van der Waals surface area contributed by atoms with Gasteiger partial charge in [-0.15, -0.1) is 0 Å². The van der Waals surface area contributed by atoms with Crippen molar-refractivity contribution in [2.45, 2.75) is 0 Å². The summed E-state index contributed by atoms with van der Waals surface area (Å²) in [7, 11) is 0. The first-order chi connectivity index (χ1) is 27.8. The second-order valence-electron chi connectivity index (χ2n) is 14.2. The van der Waals surface area contributed by atoms with Gasteiger partial charge in [0.15, 0.2) is 0 Å². The molecule has 3 aromatic heterocycles. The molecular formula is C52H33N3O. The van der Waals surface area contributed by atoms with Gasteiger partial charge in [0.2, 0.25) is 0 Å². The lowest BCUT2D eigenvalue weighted by molar-refractivity contribution is 0.492. The summed E-state index contributed by atoms with van der Waals surface area (Å²) in [6.07, 6.45) is 6.31. The summed E-state index contributed by atoms with van der Waals surface area (Å²) in [6.45, 7) is 0. The predicted molar refractivity (Wildman–Crippen MR) is 231 cm³/mol. The Hall–Kier alpha value is -7.56. The summed E-state index contributed by atoms with van der Waals surface area (Å²) in [5.41, 5.74) is 13.8. The number of hydrogen-bond acceptors (Lipinski definition) is 3. The molecule has 11 rings (SSSR count). The Morgan fingerprint density at radius 2 is 1.18 bits per heavy atom. The van der Waals surface area contributed by atoms with Crippen LogP contribution in [0.4, 0.5) is 0 Å². The maximum atomic E-state index is 7.10. The highest BCUT2D eigenvalue weighted by atomic mass is 16.5. The SMILES string of the molecule is C1=C\c2ccc(-c3ccc4c(c3)c3nc(-c5ccccc5)ccc3n4-c3ccccn3)cc2-c2ccc3ccccc3c2Oc2ccccc2-c2ccccc2/1. The van der Waals surface area contributed by atoms with Gasteiger partial charge in [0.05, 0.1) is 22.2 Å². The van der Waals surface area contributed by atoms with Crippen molar-refractivity contribution in [3.05, 3.63) is 199 Å². The Kier molecular flexibility index (Phi) is 7.46. The third-order valence-electron chi connectivity index (χ3n) is 10.9. The van der Waals surface area contributed by atoms with Gasteiger partial charge in [-0.25, -0.2) is 9.97 Å². The fourth-order valence-electron chi connectivity index (χ4n) is 8.20. The van der Waals surface area contributed by atoms with Gasteiger partial charge < -0.3 is 4.74 Å². The fourth-order valence-corrected chi connectivity index (χ4v) is 8.20. The van der Waals surface area contributed by atoms with Gasteiger partial charge >= 0.3 is 0 Å². The zero-order valence-electron chi connectivity index (χ0n) is 30.3. The molecule has 0 bridgehead atoms. The number of hydrogen-bond donors (Lipinski definition) is 0. The molecule has 0 atom stereocenters. The van der Waals surface area contributed by atoms with E-state index in [9.17, 15) is 0 Å². The molecule has 1 aliphatic heterocycles. The smallest absolute Gasteiger partial charge is 0.143 e. The standard InChI is InChI=1S/C52H33N3O/c1-2-14-37(15-3-1)46-28-30-48-51(54-46)45-33-39(26-29-47(45)55(48)50-20-10-11-31-53-50)38-24-23-36-22-21-34-12-4-6-16-40(34)42-18-8-9-19-49(42)56-52-41-17-7-5-13-35(41)25-27-43(52)44(36)32-38/h1-33H/b22-21-. The molecule has 0 aliphatic carbocycles. The van der Waals surface area contributed by atoms with Crippen LogP contribution in [0.2, 0.25) is 0 Å². The lowest BCUT2D eigenvalue weighted by Gasteiger charge is -2.18. The topological polar surface area (TPSA) is 39.9 Å². The minimum atomic E-state index is 0.822. The van der Waals surface area contributed by atoms with Gasteiger partial charge in [-0.2, -0.15) is 0 Å². The van der Waals surface area contributed by atoms with Crippen LogP contribution in [-0.4, -0.2) is 14.5 Å². The Balaban J connectivity index is 1.15. The fraction of sp³-hybridized carbons (Fsp3) is 0. The number of nitrogens with zero attached hydrogens (tertiary/aromatic N) is 3. The zero-order chi connectivity index (χ0) is 37.0. The number of pyridine rings is 2. The summed E-state index contributed by atoms with van der Waals surface area (Å²) in [4.78, 5) is 10.1. The maximum Gasteiger partial charge on any atom is 0.143 e. The van der Waals surface area contributed by atoms with E-state index in [1.807, 2.05) is 36.5 Å². The van der Waals surface area contributed by atoms with Crippen molar-refractivity contribution in [2.75, 3.05) is 0 Å². The van der Waals surface area contributed by atoms with Crippen LogP contribution in [0.3, 0.4) is 0 Å². The number of fused-ring (bicyclic) bond motifs is 11. The molecule has 0 N–H and O–H groups in total. The largest absolute Gasteiger partial charge is 0.455 e. The van der Waals surface area contributed by atoms with E-state index in [1.54, 1.807) is 0 Å². The van der Waals surface area contributed by atoms with Crippen LogP contribution in [0.5, 0.6) is 11.5 Å². The molecule has 0 spiro atoms. The first kappa shape index (κ1) is 31.9. The van der Waals surface area contributed by atoms with Gasteiger partial charge in [0, 0.05) is 33.7 Å². The molecule has 262 valence electrons. The average molecular weight is 716 g/mol. The molecule has 4 heterocycles. The summed E-state index contributed by atoms with van der Waals surface area (Å²) in [5, 5.41) is 3.27. The molecule has 0 saturated heterocycles. The number of ether oxygens (including phenoxy) is 1. The zero-order valence-corrected chi connectivity index (χ0v) is 30.3. The van der Waals surface area contributed by atoms with E-state index in [1.165, 1.54) is 0 Å². The van der Waals surface area contributed by atoms with E-state index < -0.39 is 0 Å².